The number of nitrogens with one attached hydrogen (secondary N) is 2. The van der Waals surface area contributed by atoms with Gasteiger partial charge in [-0.1, -0.05) is 34.6 Å². The van der Waals surface area contributed by atoms with Crippen LogP contribution in [0.25, 0.3) is 0 Å². The van der Waals surface area contributed by atoms with E-state index in [-0.39, 0.29) is 17.5 Å². The lowest BCUT2D eigenvalue weighted by Crippen LogP contribution is -2.26. The van der Waals surface area contributed by atoms with E-state index in [4.69, 9.17) is 4.74 Å². The molecule has 0 bridgehead atoms. The van der Waals surface area contributed by atoms with Gasteiger partial charge in [0.15, 0.2) is 0 Å². The van der Waals surface area contributed by atoms with Crippen LogP contribution >= 0.6 is 15.9 Å². The molecule has 2 aromatic rings. The molecule has 2 rings (SSSR count). The maximum absolute atomic E-state index is 13.9. The van der Waals surface area contributed by atoms with Crippen molar-refractivity contribution < 1.29 is 18.7 Å². The Morgan fingerprint density at radius 3 is 2.71 bits per heavy atom. The van der Waals surface area contributed by atoms with E-state index < -0.39 is 11.7 Å². The van der Waals surface area contributed by atoms with Gasteiger partial charge in [-0.2, -0.15) is 0 Å². The Morgan fingerprint density at radius 1 is 1.25 bits per heavy atom. The van der Waals surface area contributed by atoms with Gasteiger partial charge in [-0.25, -0.2) is 4.39 Å². The number of carbonyl (C=O) groups excluding carboxylic acids is 2. The molecule has 5 nitrogen and oxygen atoms in total. The third kappa shape index (κ3) is 6.58. The van der Waals surface area contributed by atoms with Crippen molar-refractivity contribution in [3.05, 3.63) is 71.0 Å². The standard InChI is InChI=1S/C21H22BrFN2O3/c1-3-20(26)25-19-13-17(7-8-18(19)23)24-21(27)15(9-10-28-2)11-14-5-4-6-16(22)12-14/h3-8,12-13,15H,1,9-11H2,2H3,(H,24,27)(H,25,26). The summed E-state index contributed by atoms with van der Waals surface area (Å²) in [5.74, 6) is -1.66. The number of hydrogen-bond donors (Lipinski definition) is 2. The average molecular weight is 449 g/mol. The van der Waals surface area contributed by atoms with E-state index in [0.29, 0.717) is 25.1 Å². The zero-order valence-corrected chi connectivity index (χ0v) is 17.1. The number of amides is 2. The molecule has 0 fully saturated rings. The minimum Gasteiger partial charge on any atom is -0.385 e. The van der Waals surface area contributed by atoms with Crippen LogP contribution in [0.1, 0.15) is 12.0 Å². The van der Waals surface area contributed by atoms with Gasteiger partial charge in [0.25, 0.3) is 0 Å². The van der Waals surface area contributed by atoms with Crippen LogP contribution < -0.4 is 10.6 Å². The third-order valence-corrected chi connectivity index (χ3v) is 4.58. The maximum Gasteiger partial charge on any atom is 0.247 e. The van der Waals surface area contributed by atoms with E-state index in [1.807, 2.05) is 24.3 Å². The first-order valence-electron chi connectivity index (χ1n) is 8.70. The molecule has 1 unspecified atom stereocenters. The Morgan fingerprint density at radius 2 is 2.04 bits per heavy atom. The second-order valence-corrected chi connectivity index (χ2v) is 7.11. The van der Waals surface area contributed by atoms with E-state index in [1.165, 1.54) is 18.2 Å². The summed E-state index contributed by atoms with van der Waals surface area (Å²) in [7, 11) is 1.59. The maximum atomic E-state index is 13.9. The van der Waals surface area contributed by atoms with Gasteiger partial charge in [0.1, 0.15) is 5.82 Å². The molecule has 28 heavy (non-hydrogen) atoms. The number of hydrogen-bond acceptors (Lipinski definition) is 3. The minimum atomic E-state index is -0.599. The quantitative estimate of drug-likeness (QED) is 0.553. The molecule has 0 aliphatic carbocycles. The number of rotatable bonds is 9. The molecule has 0 saturated heterocycles. The van der Waals surface area contributed by atoms with E-state index in [2.05, 4.69) is 33.1 Å². The second kappa shape index (κ2) is 10.7. The van der Waals surface area contributed by atoms with Gasteiger partial charge in [0.05, 0.1) is 5.69 Å². The molecule has 0 radical (unpaired) electrons. The van der Waals surface area contributed by atoms with Crippen LogP contribution in [0, 0.1) is 11.7 Å². The number of carbonyl (C=O) groups is 2. The summed E-state index contributed by atoms with van der Waals surface area (Å²) < 4.78 is 19.9. The first-order valence-corrected chi connectivity index (χ1v) is 9.49. The van der Waals surface area contributed by atoms with Gasteiger partial charge < -0.3 is 15.4 Å². The Hall–Kier alpha value is -2.51. The SMILES string of the molecule is C=CC(=O)Nc1cc(NC(=O)C(CCOC)Cc2cccc(Br)c2)ccc1F. The van der Waals surface area contributed by atoms with Crippen molar-refractivity contribution in [1.29, 1.82) is 0 Å². The van der Waals surface area contributed by atoms with E-state index in [1.54, 1.807) is 7.11 Å². The van der Waals surface area contributed by atoms with E-state index in [9.17, 15) is 14.0 Å². The van der Waals surface area contributed by atoms with Crippen molar-refractivity contribution in [2.24, 2.45) is 5.92 Å². The van der Waals surface area contributed by atoms with Crippen LogP contribution in [-0.2, 0) is 20.7 Å². The Balaban J connectivity index is 2.14. The molecule has 0 heterocycles. The molecular formula is C21H22BrFN2O3. The molecule has 0 spiro atoms. The number of halogens is 2. The van der Waals surface area contributed by atoms with Gasteiger partial charge in [0, 0.05) is 29.8 Å². The van der Waals surface area contributed by atoms with Gasteiger partial charge in [-0.05, 0) is 54.8 Å². The van der Waals surface area contributed by atoms with Crippen molar-refractivity contribution in [3.63, 3.8) is 0 Å². The molecule has 7 heteroatoms. The molecule has 2 aromatic carbocycles. The fraction of sp³-hybridized carbons (Fsp3) is 0.238. The second-order valence-electron chi connectivity index (χ2n) is 6.19. The summed E-state index contributed by atoms with van der Waals surface area (Å²) >= 11 is 3.43. The summed E-state index contributed by atoms with van der Waals surface area (Å²) in [6.07, 6.45) is 2.12. The molecule has 0 saturated carbocycles. The Labute approximate surface area is 172 Å². The summed E-state index contributed by atoms with van der Waals surface area (Å²) in [5.41, 5.74) is 1.38. The zero-order chi connectivity index (χ0) is 20.5. The van der Waals surface area contributed by atoms with Gasteiger partial charge in [0.2, 0.25) is 11.8 Å². The molecule has 2 N–H and O–H groups in total. The summed E-state index contributed by atoms with van der Waals surface area (Å²) in [6.45, 7) is 3.78. The van der Waals surface area contributed by atoms with E-state index >= 15 is 0 Å². The number of methoxy groups -OCH3 is 1. The summed E-state index contributed by atoms with van der Waals surface area (Å²) in [5, 5.41) is 5.17. The predicted octanol–water partition coefficient (Wildman–Crippen LogP) is 4.55. The fourth-order valence-electron chi connectivity index (χ4n) is 2.66. The van der Waals surface area contributed by atoms with Crippen molar-refractivity contribution in [2.45, 2.75) is 12.8 Å². The molecule has 2 amide bonds. The molecule has 1 atom stereocenters. The van der Waals surface area contributed by atoms with Crippen LogP contribution in [0.3, 0.4) is 0 Å². The van der Waals surface area contributed by atoms with Crippen LogP contribution in [0.15, 0.2) is 59.6 Å². The fourth-order valence-corrected chi connectivity index (χ4v) is 3.11. The molecule has 0 aliphatic heterocycles. The van der Waals surface area contributed by atoms with Crippen molar-refractivity contribution in [2.75, 3.05) is 24.4 Å². The van der Waals surface area contributed by atoms with Crippen molar-refractivity contribution in [1.82, 2.24) is 0 Å². The van der Waals surface area contributed by atoms with Gasteiger partial charge in [-0.3, -0.25) is 9.59 Å². The van der Waals surface area contributed by atoms with Crippen molar-refractivity contribution >= 4 is 39.1 Å². The molecule has 0 aliphatic rings. The van der Waals surface area contributed by atoms with Crippen molar-refractivity contribution in [3.8, 4) is 0 Å². The number of ether oxygens (including phenoxy) is 1. The smallest absolute Gasteiger partial charge is 0.247 e. The van der Waals surface area contributed by atoms with Crippen LogP contribution in [-0.4, -0.2) is 25.5 Å². The topological polar surface area (TPSA) is 67.4 Å². The largest absolute Gasteiger partial charge is 0.385 e. The lowest BCUT2D eigenvalue weighted by atomic mass is 9.95. The van der Waals surface area contributed by atoms with E-state index in [0.717, 1.165) is 16.1 Å². The normalized spacial score (nSPS) is 11.5. The Bertz CT molecular complexity index is 857. The highest BCUT2D eigenvalue weighted by Gasteiger charge is 2.20. The van der Waals surface area contributed by atoms with Crippen LogP contribution in [0.5, 0.6) is 0 Å². The lowest BCUT2D eigenvalue weighted by Gasteiger charge is -2.17. The first kappa shape index (κ1) is 21.8. The third-order valence-electron chi connectivity index (χ3n) is 4.09. The van der Waals surface area contributed by atoms with Gasteiger partial charge in [-0.15, -0.1) is 0 Å². The highest BCUT2D eigenvalue weighted by molar-refractivity contribution is 9.10. The summed E-state index contributed by atoms with van der Waals surface area (Å²) in [6, 6.07) is 11.8. The average Bonchev–Trinajstić information content (AvgIpc) is 2.67. The lowest BCUT2D eigenvalue weighted by molar-refractivity contribution is -0.120. The molecule has 148 valence electrons. The number of anilines is 2. The van der Waals surface area contributed by atoms with Crippen LogP contribution in [0.2, 0.25) is 0 Å². The highest BCUT2D eigenvalue weighted by Crippen LogP contribution is 2.22. The molecule has 0 aromatic heterocycles. The highest BCUT2D eigenvalue weighted by atomic mass is 79.9. The summed E-state index contributed by atoms with van der Waals surface area (Å²) in [4.78, 5) is 24.2. The number of benzene rings is 2. The minimum absolute atomic E-state index is 0.0249. The van der Waals surface area contributed by atoms with Gasteiger partial charge >= 0.3 is 0 Å². The first-order chi connectivity index (χ1) is 13.4. The van der Waals surface area contributed by atoms with Crippen LogP contribution in [0.4, 0.5) is 15.8 Å². The Kier molecular flexibility index (Phi) is 8.35. The zero-order valence-electron chi connectivity index (χ0n) is 15.5. The molecular weight excluding hydrogens is 427 g/mol. The monoisotopic (exact) mass is 448 g/mol. The predicted molar refractivity (Wildman–Crippen MR) is 112 cm³/mol.